The first-order valence-corrected chi connectivity index (χ1v) is 8.72. The minimum absolute atomic E-state index is 0.0715. The number of anilines is 1. The number of aromatic nitrogens is 2. The highest BCUT2D eigenvalue weighted by atomic mass is 16.1. The van der Waals surface area contributed by atoms with E-state index in [0.717, 1.165) is 25.8 Å². The predicted molar refractivity (Wildman–Crippen MR) is 95.0 cm³/mol. The van der Waals surface area contributed by atoms with Crippen LogP contribution in [0.5, 0.6) is 0 Å². The Morgan fingerprint density at radius 2 is 1.75 bits per heavy atom. The lowest BCUT2D eigenvalue weighted by Crippen LogP contribution is -2.36. The van der Waals surface area contributed by atoms with Gasteiger partial charge >= 0.3 is 0 Å². The molecule has 0 radical (unpaired) electrons. The quantitative estimate of drug-likeness (QED) is 0.856. The number of benzene rings is 1. The Hall–Kier alpha value is -2.43. The van der Waals surface area contributed by atoms with Gasteiger partial charge in [0.15, 0.2) is 0 Å². The third-order valence-corrected chi connectivity index (χ3v) is 4.39. The van der Waals surface area contributed by atoms with Crippen molar-refractivity contribution in [1.82, 2.24) is 15.3 Å². The molecule has 1 aromatic heterocycles. The Morgan fingerprint density at radius 1 is 1.04 bits per heavy atom. The van der Waals surface area contributed by atoms with E-state index in [1.54, 1.807) is 12.4 Å². The van der Waals surface area contributed by atoms with Crippen LogP contribution in [0.15, 0.2) is 42.7 Å². The lowest BCUT2D eigenvalue weighted by atomic mass is 9.95. The molecule has 2 N–H and O–H groups in total. The van der Waals surface area contributed by atoms with Crippen LogP contribution in [-0.2, 0) is 6.42 Å². The number of carbonyl (C=O) groups excluding carboxylic acids is 1. The van der Waals surface area contributed by atoms with Gasteiger partial charge in [-0.15, -0.1) is 0 Å². The maximum absolute atomic E-state index is 12.2. The molecular formula is C19H24N4O. The van der Waals surface area contributed by atoms with Crippen molar-refractivity contribution < 1.29 is 4.79 Å². The average molecular weight is 324 g/mol. The zero-order chi connectivity index (χ0) is 16.6. The van der Waals surface area contributed by atoms with E-state index in [2.05, 4.69) is 32.7 Å². The molecule has 5 heteroatoms. The molecule has 0 bridgehead atoms. The minimum Gasteiger partial charge on any atom is -0.354 e. The van der Waals surface area contributed by atoms with Crippen LogP contribution in [0.25, 0.3) is 0 Å². The molecule has 0 saturated heterocycles. The van der Waals surface area contributed by atoms with Gasteiger partial charge in [-0.25, -0.2) is 9.97 Å². The number of hydrogen-bond donors (Lipinski definition) is 2. The summed E-state index contributed by atoms with van der Waals surface area (Å²) in [6.45, 7) is 0.762. The van der Waals surface area contributed by atoms with Gasteiger partial charge in [-0.2, -0.15) is 0 Å². The highest BCUT2D eigenvalue weighted by Gasteiger charge is 2.17. The van der Waals surface area contributed by atoms with E-state index in [1.165, 1.54) is 24.8 Å². The minimum atomic E-state index is -0.0715. The van der Waals surface area contributed by atoms with Crippen LogP contribution in [0.3, 0.4) is 0 Å². The Bertz CT molecular complexity index is 636. The largest absolute Gasteiger partial charge is 0.354 e. The van der Waals surface area contributed by atoms with Crippen LogP contribution >= 0.6 is 0 Å². The van der Waals surface area contributed by atoms with Crippen LogP contribution < -0.4 is 10.6 Å². The third-order valence-electron chi connectivity index (χ3n) is 4.39. The summed E-state index contributed by atoms with van der Waals surface area (Å²) >= 11 is 0. The van der Waals surface area contributed by atoms with Crippen molar-refractivity contribution in [1.29, 1.82) is 0 Å². The SMILES string of the molecule is O=C(NC1CCCCC1)c1cnc(NCCc2ccccc2)nc1. The fourth-order valence-corrected chi connectivity index (χ4v) is 3.02. The molecular weight excluding hydrogens is 300 g/mol. The van der Waals surface area contributed by atoms with Crippen LogP contribution in [0.2, 0.25) is 0 Å². The third kappa shape index (κ3) is 4.78. The normalized spacial score (nSPS) is 15.0. The van der Waals surface area contributed by atoms with Crippen molar-refractivity contribution in [2.75, 3.05) is 11.9 Å². The smallest absolute Gasteiger partial charge is 0.254 e. The molecule has 1 heterocycles. The highest BCUT2D eigenvalue weighted by Crippen LogP contribution is 2.17. The van der Waals surface area contributed by atoms with Crippen LogP contribution in [0.1, 0.15) is 48.0 Å². The first-order chi connectivity index (χ1) is 11.8. The van der Waals surface area contributed by atoms with Gasteiger partial charge in [0.2, 0.25) is 5.95 Å². The zero-order valence-electron chi connectivity index (χ0n) is 13.9. The summed E-state index contributed by atoms with van der Waals surface area (Å²) < 4.78 is 0. The van der Waals surface area contributed by atoms with Gasteiger partial charge in [0.05, 0.1) is 5.56 Å². The van der Waals surface area contributed by atoms with Crippen molar-refractivity contribution >= 4 is 11.9 Å². The van der Waals surface area contributed by atoms with Gasteiger partial charge in [-0.1, -0.05) is 49.6 Å². The lowest BCUT2D eigenvalue weighted by Gasteiger charge is -2.22. The van der Waals surface area contributed by atoms with Crippen molar-refractivity contribution in [3.8, 4) is 0 Å². The summed E-state index contributed by atoms with van der Waals surface area (Å²) in [5, 5.41) is 6.27. The Balaban J connectivity index is 1.46. The summed E-state index contributed by atoms with van der Waals surface area (Å²) in [4.78, 5) is 20.7. The number of carbonyl (C=O) groups is 1. The second-order valence-corrected chi connectivity index (χ2v) is 6.27. The molecule has 126 valence electrons. The Labute approximate surface area is 142 Å². The molecule has 0 atom stereocenters. The summed E-state index contributed by atoms with van der Waals surface area (Å²) in [6, 6.07) is 10.6. The summed E-state index contributed by atoms with van der Waals surface area (Å²) in [5.74, 6) is 0.484. The van der Waals surface area contributed by atoms with Crippen molar-refractivity contribution in [3.63, 3.8) is 0 Å². The fourth-order valence-electron chi connectivity index (χ4n) is 3.02. The van der Waals surface area contributed by atoms with Crippen molar-refractivity contribution in [2.24, 2.45) is 0 Å². The van der Waals surface area contributed by atoms with Crippen LogP contribution in [0.4, 0.5) is 5.95 Å². The second kappa shape index (κ2) is 8.43. The van der Waals surface area contributed by atoms with E-state index in [9.17, 15) is 4.79 Å². The number of amides is 1. The molecule has 1 fully saturated rings. The molecule has 1 amide bonds. The summed E-state index contributed by atoms with van der Waals surface area (Å²) in [6.07, 6.45) is 9.92. The molecule has 5 nitrogen and oxygen atoms in total. The number of nitrogens with zero attached hydrogens (tertiary/aromatic N) is 2. The monoisotopic (exact) mass is 324 g/mol. The summed E-state index contributed by atoms with van der Waals surface area (Å²) in [5.41, 5.74) is 1.79. The average Bonchev–Trinajstić information content (AvgIpc) is 2.64. The van der Waals surface area contributed by atoms with Gasteiger partial charge in [-0.05, 0) is 24.8 Å². The number of rotatable bonds is 6. The maximum atomic E-state index is 12.2. The topological polar surface area (TPSA) is 66.9 Å². The van der Waals surface area contributed by atoms with Crippen molar-refractivity contribution in [3.05, 3.63) is 53.9 Å². The molecule has 0 spiro atoms. The molecule has 3 rings (SSSR count). The highest BCUT2D eigenvalue weighted by molar-refractivity contribution is 5.93. The fraction of sp³-hybridized carbons (Fsp3) is 0.421. The van der Waals surface area contributed by atoms with E-state index < -0.39 is 0 Å². The summed E-state index contributed by atoms with van der Waals surface area (Å²) in [7, 11) is 0. The van der Waals surface area contributed by atoms with Gasteiger partial charge in [0.1, 0.15) is 0 Å². The maximum Gasteiger partial charge on any atom is 0.254 e. The van der Waals surface area contributed by atoms with Crippen molar-refractivity contribution in [2.45, 2.75) is 44.6 Å². The number of nitrogens with one attached hydrogen (secondary N) is 2. The van der Waals surface area contributed by atoms with Crippen LogP contribution in [-0.4, -0.2) is 28.5 Å². The molecule has 24 heavy (non-hydrogen) atoms. The molecule has 1 aliphatic carbocycles. The molecule has 0 aliphatic heterocycles. The molecule has 1 saturated carbocycles. The predicted octanol–water partition coefficient (Wildman–Crippen LogP) is 3.19. The first kappa shape index (κ1) is 16.4. The lowest BCUT2D eigenvalue weighted by molar-refractivity contribution is 0.0927. The Kier molecular flexibility index (Phi) is 5.77. The van der Waals surface area contributed by atoms with E-state index in [1.807, 2.05) is 18.2 Å². The van der Waals surface area contributed by atoms with Gasteiger partial charge in [-0.3, -0.25) is 4.79 Å². The van der Waals surface area contributed by atoms with Gasteiger partial charge in [0, 0.05) is 25.0 Å². The Morgan fingerprint density at radius 3 is 2.46 bits per heavy atom. The second-order valence-electron chi connectivity index (χ2n) is 6.27. The van der Waals surface area contributed by atoms with E-state index in [0.29, 0.717) is 17.6 Å². The zero-order valence-corrected chi connectivity index (χ0v) is 13.9. The van der Waals surface area contributed by atoms with Gasteiger partial charge in [0.25, 0.3) is 5.91 Å². The molecule has 1 aromatic carbocycles. The van der Waals surface area contributed by atoms with E-state index in [-0.39, 0.29) is 5.91 Å². The molecule has 0 unspecified atom stereocenters. The van der Waals surface area contributed by atoms with E-state index in [4.69, 9.17) is 0 Å². The molecule has 2 aromatic rings. The van der Waals surface area contributed by atoms with E-state index >= 15 is 0 Å². The molecule has 1 aliphatic rings. The first-order valence-electron chi connectivity index (χ1n) is 8.72. The van der Waals surface area contributed by atoms with Gasteiger partial charge < -0.3 is 10.6 Å². The van der Waals surface area contributed by atoms with Crippen LogP contribution in [0, 0.1) is 0 Å². The number of hydrogen-bond acceptors (Lipinski definition) is 4. The standard InChI is InChI=1S/C19H24N4O/c24-18(23-17-9-5-2-6-10-17)16-13-21-19(22-14-16)20-12-11-15-7-3-1-4-8-15/h1,3-4,7-8,13-14,17H,2,5-6,9-12H2,(H,23,24)(H,20,21,22).